The molecule has 0 saturated heterocycles. The van der Waals surface area contributed by atoms with E-state index in [1.807, 2.05) is 39.0 Å². The van der Waals surface area contributed by atoms with Gasteiger partial charge in [-0.3, -0.25) is 9.59 Å². The third-order valence-corrected chi connectivity index (χ3v) is 5.60. The van der Waals surface area contributed by atoms with Crippen molar-refractivity contribution in [3.63, 3.8) is 0 Å². The topological polar surface area (TPSA) is 127 Å². The smallest absolute Gasteiger partial charge is 0.259 e. The first-order valence-corrected chi connectivity index (χ1v) is 10.3. The molecule has 4 rings (SSSR count). The number of aromatic amines is 1. The molecular weight excluding hydrogens is 404 g/mol. The van der Waals surface area contributed by atoms with Crippen LogP contribution in [0.3, 0.4) is 0 Å². The van der Waals surface area contributed by atoms with Crippen LogP contribution in [0.4, 0.5) is 5.13 Å². The summed E-state index contributed by atoms with van der Waals surface area (Å²) in [5.74, 6) is 0.510. The molecular formula is C20H20N6O3S. The molecule has 0 bridgehead atoms. The Morgan fingerprint density at radius 3 is 2.87 bits per heavy atom. The second-order valence-corrected chi connectivity index (χ2v) is 8.27. The van der Waals surface area contributed by atoms with Crippen LogP contribution in [-0.2, 0) is 11.2 Å². The van der Waals surface area contributed by atoms with Crippen LogP contribution in [0.15, 0.2) is 33.6 Å². The summed E-state index contributed by atoms with van der Waals surface area (Å²) in [5.41, 5.74) is 1.83. The number of carbonyl (C=O) groups is 1. The highest BCUT2D eigenvalue weighted by Gasteiger charge is 2.15. The van der Waals surface area contributed by atoms with E-state index in [4.69, 9.17) is 4.52 Å². The Morgan fingerprint density at radius 2 is 2.10 bits per heavy atom. The van der Waals surface area contributed by atoms with Gasteiger partial charge in [0.15, 0.2) is 0 Å². The van der Waals surface area contributed by atoms with Crippen LogP contribution in [0.25, 0.3) is 22.3 Å². The number of aromatic nitrogens is 5. The van der Waals surface area contributed by atoms with Gasteiger partial charge in [0.2, 0.25) is 22.8 Å². The molecule has 0 spiro atoms. The standard InChI is InChI=1S/C20H20N6O3S/c1-10(2)19-24-25-20(30-19)22-15(27)6-7-16-23-17(26-29-16)13-9-12-5-4-11(3)8-14(12)21-18(13)28/h4-5,8-10H,6-7H2,1-3H3,(H,21,28)(H,22,25,27). The molecule has 30 heavy (non-hydrogen) atoms. The van der Waals surface area contributed by atoms with Gasteiger partial charge in [-0.1, -0.05) is 42.5 Å². The average Bonchev–Trinajstić information content (AvgIpc) is 3.35. The molecule has 0 atom stereocenters. The predicted molar refractivity (Wildman–Crippen MR) is 114 cm³/mol. The number of amides is 1. The van der Waals surface area contributed by atoms with Crippen molar-refractivity contribution in [2.75, 3.05) is 5.32 Å². The number of aryl methyl sites for hydroxylation is 2. The van der Waals surface area contributed by atoms with Gasteiger partial charge in [0.25, 0.3) is 5.56 Å². The van der Waals surface area contributed by atoms with Crippen LogP contribution in [0, 0.1) is 6.92 Å². The largest absolute Gasteiger partial charge is 0.339 e. The first-order valence-electron chi connectivity index (χ1n) is 9.49. The fourth-order valence-electron chi connectivity index (χ4n) is 2.87. The highest BCUT2D eigenvalue weighted by atomic mass is 32.1. The number of anilines is 1. The van der Waals surface area contributed by atoms with Crippen LogP contribution in [0.2, 0.25) is 0 Å². The molecule has 10 heteroatoms. The first kappa shape index (κ1) is 19.9. The van der Waals surface area contributed by atoms with Crippen molar-refractivity contribution in [1.82, 2.24) is 25.3 Å². The number of hydrogen-bond donors (Lipinski definition) is 2. The molecule has 0 aliphatic carbocycles. The minimum absolute atomic E-state index is 0.144. The molecule has 0 aliphatic heterocycles. The van der Waals surface area contributed by atoms with E-state index in [0.29, 0.717) is 10.7 Å². The molecule has 3 aromatic heterocycles. The zero-order valence-corrected chi connectivity index (χ0v) is 17.5. The Morgan fingerprint density at radius 1 is 1.27 bits per heavy atom. The van der Waals surface area contributed by atoms with Crippen molar-refractivity contribution in [2.45, 2.75) is 39.5 Å². The number of H-pyrrole nitrogens is 1. The van der Waals surface area contributed by atoms with Crippen LogP contribution in [-0.4, -0.2) is 31.2 Å². The van der Waals surface area contributed by atoms with Gasteiger partial charge in [0.05, 0.1) is 5.56 Å². The van der Waals surface area contributed by atoms with Gasteiger partial charge in [0, 0.05) is 24.3 Å². The number of carbonyl (C=O) groups excluding carboxylic acids is 1. The maximum atomic E-state index is 12.4. The molecule has 4 aromatic rings. The highest BCUT2D eigenvalue weighted by Crippen LogP contribution is 2.23. The zero-order valence-electron chi connectivity index (χ0n) is 16.7. The van der Waals surface area contributed by atoms with E-state index in [1.54, 1.807) is 6.07 Å². The maximum absolute atomic E-state index is 12.4. The van der Waals surface area contributed by atoms with E-state index in [0.717, 1.165) is 21.5 Å². The van der Waals surface area contributed by atoms with Crippen LogP contribution >= 0.6 is 11.3 Å². The summed E-state index contributed by atoms with van der Waals surface area (Å²) in [6.45, 7) is 5.99. The number of nitrogens with one attached hydrogen (secondary N) is 2. The molecule has 0 radical (unpaired) electrons. The Labute approximate surface area is 175 Å². The average molecular weight is 424 g/mol. The molecule has 2 N–H and O–H groups in total. The van der Waals surface area contributed by atoms with E-state index in [9.17, 15) is 9.59 Å². The normalized spacial score (nSPS) is 11.3. The summed E-state index contributed by atoms with van der Waals surface area (Å²) in [4.78, 5) is 31.7. The van der Waals surface area contributed by atoms with E-state index >= 15 is 0 Å². The highest BCUT2D eigenvalue weighted by molar-refractivity contribution is 7.15. The van der Waals surface area contributed by atoms with Crippen LogP contribution in [0.5, 0.6) is 0 Å². The molecule has 9 nitrogen and oxygen atoms in total. The van der Waals surface area contributed by atoms with Crippen molar-refractivity contribution < 1.29 is 9.32 Å². The van der Waals surface area contributed by atoms with E-state index < -0.39 is 0 Å². The van der Waals surface area contributed by atoms with Crippen molar-refractivity contribution in [3.05, 3.63) is 51.1 Å². The maximum Gasteiger partial charge on any atom is 0.259 e. The number of hydrogen-bond acceptors (Lipinski definition) is 8. The molecule has 1 aromatic carbocycles. The van der Waals surface area contributed by atoms with Gasteiger partial charge < -0.3 is 14.8 Å². The molecule has 0 saturated carbocycles. The Bertz CT molecular complexity index is 1270. The fraction of sp³-hybridized carbons (Fsp3) is 0.300. The van der Waals surface area contributed by atoms with Crippen molar-refractivity contribution in [1.29, 1.82) is 0 Å². The summed E-state index contributed by atoms with van der Waals surface area (Å²) < 4.78 is 5.22. The predicted octanol–water partition coefficient (Wildman–Crippen LogP) is 3.43. The van der Waals surface area contributed by atoms with Crippen LogP contribution in [0.1, 0.15) is 42.6 Å². The number of rotatable bonds is 6. The summed E-state index contributed by atoms with van der Waals surface area (Å²) in [5, 5.41) is 16.8. The van der Waals surface area contributed by atoms with E-state index in [-0.39, 0.29) is 41.9 Å². The third kappa shape index (κ3) is 4.28. The second kappa shape index (κ2) is 8.15. The molecule has 0 aliphatic rings. The van der Waals surface area contributed by atoms with Gasteiger partial charge in [-0.25, -0.2) is 0 Å². The minimum Gasteiger partial charge on any atom is -0.339 e. The molecule has 3 heterocycles. The minimum atomic E-state index is -0.296. The summed E-state index contributed by atoms with van der Waals surface area (Å²) in [7, 11) is 0. The van der Waals surface area contributed by atoms with Gasteiger partial charge in [-0.05, 0) is 30.0 Å². The lowest BCUT2D eigenvalue weighted by atomic mass is 10.1. The quantitative estimate of drug-likeness (QED) is 0.485. The number of nitrogens with zero attached hydrogens (tertiary/aromatic N) is 4. The van der Waals surface area contributed by atoms with Gasteiger partial charge >= 0.3 is 0 Å². The van der Waals surface area contributed by atoms with E-state index in [1.165, 1.54) is 11.3 Å². The van der Waals surface area contributed by atoms with Crippen molar-refractivity contribution in [2.24, 2.45) is 0 Å². The van der Waals surface area contributed by atoms with Gasteiger partial charge in [0.1, 0.15) is 5.01 Å². The van der Waals surface area contributed by atoms with Crippen LogP contribution < -0.4 is 10.9 Å². The molecule has 0 unspecified atom stereocenters. The second-order valence-electron chi connectivity index (χ2n) is 7.26. The van der Waals surface area contributed by atoms with Crippen molar-refractivity contribution >= 4 is 33.3 Å². The third-order valence-electron chi connectivity index (χ3n) is 4.46. The molecule has 1 amide bonds. The SMILES string of the molecule is Cc1ccc2cc(-c3noc(CCC(=O)Nc4nnc(C(C)C)s4)n3)c(=O)[nH]c2c1. The summed E-state index contributed by atoms with van der Waals surface area (Å²) >= 11 is 1.35. The monoisotopic (exact) mass is 424 g/mol. The zero-order chi connectivity index (χ0) is 21.3. The van der Waals surface area contributed by atoms with Crippen molar-refractivity contribution in [3.8, 4) is 11.4 Å². The summed E-state index contributed by atoms with van der Waals surface area (Å²) in [6.07, 6.45) is 0.394. The Hall–Kier alpha value is -3.40. The Balaban J connectivity index is 1.43. The number of pyridine rings is 1. The number of fused-ring (bicyclic) bond motifs is 1. The lowest BCUT2D eigenvalue weighted by molar-refractivity contribution is -0.116. The molecule has 154 valence electrons. The fourth-order valence-corrected chi connectivity index (χ4v) is 3.63. The lowest BCUT2D eigenvalue weighted by Crippen LogP contribution is -2.12. The first-order chi connectivity index (χ1) is 14.4. The Kier molecular flexibility index (Phi) is 5.40. The molecule has 0 fully saturated rings. The lowest BCUT2D eigenvalue weighted by Gasteiger charge is -2.01. The van der Waals surface area contributed by atoms with Gasteiger partial charge in [-0.2, -0.15) is 4.98 Å². The number of benzene rings is 1. The van der Waals surface area contributed by atoms with Gasteiger partial charge in [-0.15, -0.1) is 10.2 Å². The van der Waals surface area contributed by atoms with E-state index in [2.05, 4.69) is 30.6 Å². The summed E-state index contributed by atoms with van der Waals surface area (Å²) in [6, 6.07) is 7.53.